The molecule has 1 aromatic carbocycles. The largest absolute Gasteiger partial charge is 0.480 e. The Morgan fingerprint density at radius 3 is 2.61 bits per heavy atom. The quantitative estimate of drug-likeness (QED) is 0.431. The van der Waals surface area contributed by atoms with Crippen molar-refractivity contribution in [1.82, 2.24) is 5.32 Å². The number of hydrogen-bond donors (Lipinski definition) is 2. The lowest BCUT2D eigenvalue weighted by molar-refractivity contribution is -0.147. The third-order valence-corrected chi connectivity index (χ3v) is 3.81. The molecule has 5 heteroatoms. The zero-order valence-electron chi connectivity index (χ0n) is 13.7. The summed E-state index contributed by atoms with van der Waals surface area (Å²) in [5.41, 5.74) is 1.23. The number of aryl methyl sites for hydroxylation is 1. The zero-order valence-corrected chi connectivity index (χ0v) is 13.7. The molecular formula is C18H27NO4. The van der Waals surface area contributed by atoms with Crippen LogP contribution < -0.4 is 5.32 Å². The van der Waals surface area contributed by atoms with Gasteiger partial charge < -0.3 is 15.2 Å². The van der Waals surface area contributed by atoms with Crippen LogP contribution in [-0.4, -0.2) is 36.2 Å². The Hall–Kier alpha value is -1.88. The van der Waals surface area contributed by atoms with E-state index >= 15 is 0 Å². The van der Waals surface area contributed by atoms with Gasteiger partial charge in [0.25, 0.3) is 6.47 Å². The molecule has 0 aliphatic rings. The molecular weight excluding hydrogens is 294 g/mol. The average molecular weight is 321 g/mol. The van der Waals surface area contributed by atoms with Crippen LogP contribution in [0.5, 0.6) is 0 Å². The summed E-state index contributed by atoms with van der Waals surface area (Å²) in [6, 6.07) is 9.21. The van der Waals surface area contributed by atoms with Gasteiger partial charge in [0.15, 0.2) is 0 Å². The Balaban J connectivity index is 2.44. The van der Waals surface area contributed by atoms with Crippen molar-refractivity contribution in [3.8, 4) is 0 Å². The van der Waals surface area contributed by atoms with Crippen molar-refractivity contribution in [1.29, 1.82) is 0 Å². The van der Waals surface area contributed by atoms with Crippen molar-refractivity contribution in [2.45, 2.75) is 57.6 Å². The van der Waals surface area contributed by atoms with E-state index in [0.717, 1.165) is 32.1 Å². The fourth-order valence-electron chi connectivity index (χ4n) is 2.55. The van der Waals surface area contributed by atoms with E-state index in [2.05, 4.69) is 24.4 Å². The van der Waals surface area contributed by atoms with E-state index in [1.165, 1.54) is 5.56 Å². The topological polar surface area (TPSA) is 75.6 Å². The highest BCUT2D eigenvalue weighted by Gasteiger charge is 2.28. The number of unbranched alkanes of at least 4 members (excludes halogenated alkanes) is 2. The molecule has 2 N–H and O–H groups in total. The van der Waals surface area contributed by atoms with Gasteiger partial charge >= 0.3 is 5.97 Å². The average Bonchev–Trinajstić information content (AvgIpc) is 2.55. The molecule has 2 atom stereocenters. The van der Waals surface area contributed by atoms with Gasteiger partial charge in [0, 0.05) is 0 Å². The van der Waals surface area contributed by atoms with Crippen LogP contribution >= 0.6 is 0 Å². The van der Waals surface area contributed by atoms with Gasteiger partial charge in [0.1, 0.15) is 12.1 Å². The number of nitrogens with one attached hydrogen (secondary N) is 1. The molecule has 0 saturated carbocycles. The molecule has 0 aliphatic heterocycles. The third kappa shape index (κ3) is 7.79. The molecule has 2 unspecified atom stereocenters. The fraction of sp³-hybridized carbons (Fsp3) is 0.556. The van der Waals surface area contributed by atoms with Gasteiger partial charge in [-0.05, 0) is 37.8 Å². The Bertz CT molecular complexity index is 450. The van der Waals surface area contributed by atoms with Gasteiger partial charge in [-0.1, -0.05) is 50.1 Å². The molecule has 0 amide bonds. The number of aliphatic carboxylic acids is 1. The molecule has 0 aromatic heterocycles. The van der Waals surface area contributed by atoms with Gasteiger partial charge in [0.2, 0.25) is 0 Å². The molecule has 23 heavy (non-hydrogen) atoms. The number of ether oxygens (including phenoxy) is 1. The van der Waals surface area contributed by atoms with Crippen LogP contribution in [0.1, 0.15) is 44.6 Å². The smallest absolute Gasteiger partial charge is 0.324 e. The summed E-state index contributed by atoms with van der Waals surface area (Å²) in [6.07, 6.45) is 4.55. The van der Waals surface area contributed by atoms with Crippen molar-refractivity contribution in [2.75, 3.05) is 6.54 Å². The second kappa shape index (κ2) is 11.7. The maximum Gasteiger partial charge on any atom is 0.324 e. The molecule has 0 radical (unpaired) electrons. The van der Waals surface area contributed by atoms with Crippen LogP contribution in [0.15, 0.2) is 30.3 Å². The van der Waals surface area contributed by atoms with E-state index in [-0.39, 0.29) is 0 Å². The molecule has 0 spiro atoms. The number of carboxylic acids is 1. The van der Waals surface area contributed by atoms with E-state index in [0.29, 0.717) is 19.4 Å². The minimum Gasteiger partial charge on any atom is -0.480 e. The van der Waals surface area contributed by atoms with Crippen LogP contribution in [0.25, 0.3) is 0 Å². The van der Waals surface area contributed by atoms with Crippen molar-refractivity contribution in [2.24, 2.45) is 0 Å². The summed E-state index contributed by atoms with van der Waals surface area (Å²) in [7, 11) is 0. The first-order valence-corrected chi connectivity index (χ1v) is 8.28. The standard InChI is InChI=1S/C18H27NO4/c1-2-3-5-12-16(23-14-20)17(18(21)22)19-13-8-11-15-9-6-4-7-10-15/h4,6-7,9-10,14,16-17,19H,2-3,5,8,11-13H2,1H3,(H,21,22). The molecule has 0 fully saturated rings. The molecule has 0 saturated heterocycles. The lowest BCUT2D eigenvalue weighted by Crippen LogP contribution is -2.47. The third-order valence-electron chi connectivity index (χ3n) is 3.81. The first-order valence-electron chi connectivity index (χ1n) is 8.28. The predicted octanol–water partition coefficient (Wildman–Crippen LogP) is 2.78. The van der Waals surface area contributed by atoms with Crippen LogP contribution in [-0.2, 0) is 20.7 Å². The highest BCUT2D eigenvalue weighted by molar-refractivity contribution is 5.74. The number of carbonyl (C=O) groups excluding carboxylic acids is 1. The molecule has 0 aliphatic carbocycles. The summed E-state index contributed by atoms with van der Waals surface area (Å²) in [5.74, 6) is -0.979. The first-order chi connectivity index (χ1) is 11.2. The van der Waals surface area contributed by atoms with Crippen molar-refractivity contribution < 1.29 is 19.4 Å². The normalized spacial score (nSPS) is 13.3. The van der Waals surface area contributed by atoms with E-state index in [4.69, 9.17) is 4.74 Å². The number of carboxylic acid groups (broad SMARTS) is 1. The van der Waals surface area contributed by atoms with Crippen LogP contribution in [0.4, 0.5) is 0 Å². The monoisotopic (exact) mass is 321 g/mol. The van der Waals surface area contributed by atoms with E-state index < -0.39 is 18.1 Å². The van der Waals surface area contributed by atoms with Gasteiger partial charge in [-0.25, -0.2) is 0 Å². The van der Waals surface area contributed by atoms with Crippen molar-refractivity contribution >= 4 is 12.4 Å². The Morgan fingerprint density at radius 2 is 2.00 bits per heavy atom. The van der Waals surface area contributed by atoms with Crippen LogP contribution in [0.2, 0.25) is 0 Å². The molecule has 0 heterocycles. The van der Waals surface area contributed by atoms with Crippen LogP contribution in [0, 0.1) is 0 Å². The molecule has 5 nitrogen and oxygen atoms in total. The number of rotatable bonds is 13. The van der Waals surface area contributed by atoms with E-state index in [1.807, 2.05) is 18.2 Å². The van der Waals surface area contributed by atoms with Crippen molar-refractivity contribution in [3.63, 3.8) is 0 Å². The Morgan fingerprint density at radius 1 is 1.26 bits per heavy atom. The van der Waals surface area contributed by atoms with E-state index in [9.17, 15) is 14.7 Å². The molecule has 1 rings (SSSR count). The lowest BCUT2D eigenvalue weighted by atomic mass is 10.0. The van der Waals surface area contributed by atoms with Gasteiger partial charge in [-0.2, -0.15) is 0 Å². The Kier molecular flexibility index (Phi) is 9.71. The van der Waals surface area contributed by atoms with Gasteiger partial charge in [0.05, 0.1) is 0 Å². The van der Waals surface area contributed by atoms with Crippen LogP contribution in [0.3, 0.4) is 0 Å². The number of hydrogen-bond acceptors (Lipinski definition) is 4. The SMILES string of the molecule is CCCCCC(OC=O)C(NCCCc1ccccc1)C(=O)O. The predicted molar refractivity (Wildman–Crippen MR) is 89.3 cm³/mol. The molecule has 0 bridgehead atoms. The molecule has 128 valence electrons. The first kappa shape index (κ1) is 19.2. The minimum atomic E-state index is -0.979. The summed E-state index contributed by atoms with van der Waals surface area (Å²) in [4.78, 5) is 22.1. The maximum atomic E-state index is 11.5. The molecule has 1 aromatic rings. The summed E-state index contributed by atoms with van der Waals surface area (Å²) in [6.45, 7) is 2.99. The number of carbonyl (C=O) groups is 2. The second-order valence-electron chi connectivity index (χ2n) is 5.63. The lowest BCUT2D eigenvalue weighted by Gasteiger charge is -2.23. The highest BCUT2D eigenvalue weighted by Crippen LogP contribution is 2.11. The zero-order chi connectivity index (χ0) is 16.9. The summed E-state index contributed by atoms with van der Waals surface area (Å²) < 4.78 is 5.00. The summed E-state index contributed by atoms with van der Waals surface area (Å²) in [5, 5.41) is 12.4. The summed E-state index contributed by atoms with van der Waals surface area (Å²) >= 11 is 0. The second-order valence-corrected chi connectivity index (χ2v) is 5.63. The minimum absolute atomic E-state index is 0.345. The number of benzene rings is 1. The van der Waals surface area contributed by atoms with Crippen molar-refractivity contribution in [3.05, 3.63) is 35.9 Å². The van der Waals surface area contributed by atoms with Gasteiger partial charge in [-0.3, -0.25) is 9.59 Å². The Labute approximate surface area is 138 Å². The highest BCUT2D eigenvalue weighted by atomic mass is 16.5. The maximum absolute atomic E-state index is 11.5. The fourth-order valence-corrected chi connectivity index (χ4v) is 2.55. The van der Waals surface area contributed by atoms with E-state index in [1.54, 1.807) is 0 Å². The van der Waals surface area contributed by atoms with Gasteiger partial charge in [-0.15, -0.1) is 0 Å².